The zero-order chi connectivity index (χ0) is 21.5. The highest BCUT2D eigenvalue weighted by molar-refractivity contribution is 7.54. The maximum Gasteiger partial charge on any atom is 0.450 e. The Kier molecular flexibility index (Phi) is 6.34. The van der Waals surface area contributed by atoms with Crippen LogP contribution >= 0.6 is 7.60 Å². The van der Waals surface area contributed by atoms with Crippen molar-refractivity contribution in [2.45, 2.75) is 6.92 Å². The van der Waals surface area contributed by atoms with Crippen molar-refractivity contribution in [1.29, 1.82) is 0 Å². The molecule has 31 heavy (non-hydrogen) atoms. The summed E-state index contributed by atoms with van der Waals surface area (Å²) in [7, 11) is -3.68. The Morgan fingerprint density at radius 1 is 0.710 bits per heavy atom. The lowest BCUT2D eigenvalue weighted by Gasteiger charge is -2.28. The van der Waals surface area contributed by atoms with Gasteiger partial charge in [-0.3, -0.25) is 0 Å². The second-order valence-electron chi connectivity index (χ2n) is 6.96. The first-order valence-electron chi connectivity index (χ1n) is 9.96. The Morgan fingerprint density at radius 2 is 1.23 bits per heavy atom. The molecule has 0 bridgehead atoms. The highest BCUT2D eigenvalue weighted by Gasteiger charge is 2.33. The molecule has 3 aromatic carbocycles. The number of anilines is 2. The van der Waals surface area contributed by atoms with Crippen molar-refractivity contribution in [2.75, 3.05) is 11.2 Å². The highest BCUT2D eigenvalue weighted by Crippen LogP contribution is 2.50. The Balaban J connectivity index is 1.73. The minimum absolute atomic E-state index is 0.0166. The van der Waals surface area contributed by atoms with Crippen molar-refractivity contribution in [1.82, 2.24) is 4.98 Å². The monoisotopic (exact) mass is 430 g/mol. The fourth-order valence-corrected chi connectivity index (χ4v) is 4.80. The van der Waals surface area contributed by atoms with E-state index in [9.17, 15) is 4.57 Å². The Hall–Kier alpha value is -3.56. The summed E-state index contributed by atoms with van der Waals surface area (Å²) in [5, 5.41) is 0. The van der Waals surface area contributed by atoms with Gasteiger partial charge >= 0.3 is 7.60 Å². The van der Waals surface area contributed by atoms with Gasteiger partial charge in [0.2, 0.25) is 0 Å². The van der Waals surface area contributed by atoms with Crippen molar-refractivity contribution >= 4 is 19.1 Å². The molecule has 4 rings (SSSR count). The second-order valence-corrected chi connectivity index (χ2v) is 8.83. The van der Waals surface area contributed by atoms with E-state index in [1.54, 1.807) is 24.3 Å². The van der Waals surface area contributed by atoms with Crippen LogP contribution in [0.2, 0.25) is 0 Å². The lowest BCUT2D eigenvalue weighted by atomic mass is 10.3. The lowest BCUT2D eigenvalue weighted by Crippen LogP contribution is -2.23. The molecule has 4 aromatic rings. The van der Waals surface area contributed by atoms with Crippen molar-refractivity contribution in [3.63, 3.8) is 0 Å². The number of rotatable bonds is 8. The molecule has 6 heteroatoms. The molecule has 5 nitrogen and oxygen atoms in total. The van der Waals surface area contributed by atoms with Gasteiger partial charge in [0.1, 0.15) is 23.6 Å². The van der Waals surface area contributed by atoms with Crippen LogP contribution in [0.25, 0.3) is 0 Å². The maximum atomic E-state index is 14.1. The molecule has 1 heterocycles. The average molecular weight is 430 g/mol. The number of para-hydroxylation sites is 3. The summed E-state index contributed by atoms with van der Waals surface area (Å²) in [6.45, 7) is 1.92. The summed E-state index contributed by atoms with van der Waals surface area (Å²) < 4.78 is 26.0. The summed E-state index contributed by atoms with van der Waals surface area (Å²) in [6, 6.07) is 33.6. The highest BCUT2D eigenvalue weighted by atomic mass is 31.2. The first kappa shape index (κ1) is 20.7. The molecule has 0 unspecified atom stereocenters. The van der Waals surface area contributed by atoms with E-state index < -0.39 is 7.60 Å². The van der Waals surface area contributed by atoms with Crippen LogP contribution in [0.1, 0.15) is 5.69 Å². The molecular formula is C25H23N2O3P. The van der Waals surface area contributed by atoms with E-state index in [0.29, 0.717) is 17.3 Å². The zero-order valence-electron chi connectivity index (χ0n) is 17.2. The van der Waals surface area contributed by atoms with E-state index in [4.69, 9.17) is 9.05 Å². The molecule has 0 saturated heterocycles. The van der Waals surface area contributed by atoms with Crippen molar-refractivity contribution in [3.05, 3.63) is 115 Å². The first-order valence-corrected chi connectivity index (χ1v) is 11.7. The van der Waals surface area contributed by atoms with Gasteiger partial charge in [-0.15, -0.1) is 0 Å². The smallest absolute Gasteiger partial charge is 0.415 e. The van der Waals surface area contributed by atoms with E-state index >= 15 is 0 Å². The van der Waals surface area contributed by atoms with Crippen molar-refractivity contribution in [2.24, 2.45) is 0 Å². The van der Waals surface area contributed by atoms with Gasteiger partial charge in [0, 0.05) is 11.4 Å². The van der Waals surface area contributed by atoms with Gasteiger partial charge in [-0.2, -0.15) is 0 Å². The molecule has 0 aliphatic heterocycles. The largest absolute Gasteiger partial charge is 0.450 e. The molecule has 156 valence electrons. The molecule has 0 spiro atoms. The summed E-state index contributed by atoms with van der Waals surface area (Å²) >= 11 is 0. The summed E-state index contributed by atoms with van der Waals surface area (Å²) in [6.07, 6.45) is -0.0166. The number of hydrogen-bond acceptors (Lipinski definition) is 5. The van der Waals surface area contributed by atoms with E-state index in [-0.39, 0.29) is 6.29 Å². The van der Waals surface area contributed by atoms with Gasteiger partial charge in [0.15, 0.2) is 0 Å². The fourth-order valence-electron chi connectivity index (χ4n) is 3.11. The van der Waals surface area contributed by atoms with Crippen LogP contribution in [0, 0.1) is 6.92 Å². The molecule has 0 aliphatic carbocycles. The molecule has 0 N–H and O–H groups in total. The SMILES string of the molecule is Cc1cccc(N(CP(=O)(Oc2ccccc2)Oc2ccccc2)c2ccccc2)n1. The quantitative estimate of drug-likeness (QED) is 0.287. The Labute approximate surface area is 182 Å². The van der Waals surface area contributed by atoms with Crippen LogP contribution in [0.15, 0.2) is 109 Å². The number of nitrogens with zero attached hydrogens (tertiary/aromatic N) is 2. The zero-order valence-corrected chi connectivity index (χ0v) is 18.1. The number of pyridine rings is 1. The number of hydrogen-bond donors (Lipinski definition) is 0. The van der Waals surface area contributed by atoms with Gasteiger partial charge in [0.25, 0.3) is 0 Å². The van der Waals surface area contributed by atoms with Crippen LogP contribution < -0.4 is 13.9 Å². The maximum absolute atomic E-state index is 14.1. The third-order valence-electron chi connectivity index (χ3n) is 4.51. The van der Waals surface area contributed by atoms with Gasteiger partial charge in [0.05, 0.1) is 0 Å². The minimum Gasteiger partial charge on any atom is -0.415 e. The minimum atomic E-state index is -3.68. The molecule has 0 saturated carbocycles. The normalized spacial score (nSPS) is 11.0. The van der Waals surface area contributed by atoms with E-state index in [1.165, 1.54) is 0 Å². The van der Waals surface area contributed by atoms with Gasteiger partial charge in [-0.05, 0) is 55.5 Å². The third-order valence-corrected chi connectivity index (χ3v) is 6.12. The van der Waals surface area contributed by atoms with Crippen molar-refractivity contribution in [3.8, 4) is 11.5 Å². The van der Waals surface area contributed by atoms with E-state index in [2.05, 4.69) is 4.98 Å². The molecule has 0 aliphatic rings. The standard InChI is InChI=1S/C25H23N2O3P/c1-21-12-11-19-25(26-21)27(22-13-5-2-6-14-22)20-31(28,29-23-15-7-3-8-16-23)30-24-17-9-4-10-18-24/h2-19H,20H2,1H3. The first-order chi connectivity index (χ1) is 15.1. The number of benzene rings is 3. The summed E-state index contributed by atoms with van der Waals surface area (Å²) in [4.78, 5) is 6.50. The van der Waals surface area contributed by atoms with Gasteiger partial charge < -0.3 is 13.9 Å². The number of aryl methyl sites for hydroxylation is 1. The summed E-state index contributed by atoms with van der Waals surface area (Å²) in [5.74, 6) is 1.62. The van der Waals surface area contributed by atoms with E-state index in [0.717, 1.165) is 11.4 Å². The van der Waals surface area contributed by atoms with E-state index in [1.807, 2.05) is 96.8 Å². The second kappa shape index (κ2) is 9.50. The van der Waals surface area contributed by atoms with Crippen LogP contribution in [0.3, 0.4) is 0 Å². The lowest BCUT2D eigenvalue weighted by molar-refractivity contribution is 0.386. The van der Waals surface area contributed by atoms with Crippen LogP contribution in [-0.4, -0.2) is 11.3 Å². The van der Waals surface area contributed by atoms with Gasteiger partial charge in [-0.25, -0.2) is 9.55 Å². The molecule has 0 amide bonds. The van der Waals surface area contributed by atoms with Crippen LogP contribution in [0.5, 0.6) is 11.5 Å². The number of aromatic nitrogens is 1. The predicted molar refractivity (Wildman–Crippen MR) is 124 cm³/mol. The van der Waals surface area contributed by atoms with Crippen LogP contribution in [-0.2, 0) is 4.57 Å². The molecule has 0 atom stereocenters. The average Bonchev–Trinajstić information content (AvgIpc) is 2.79. The van der Waals surface area contributed by atoms with Gasteiger partial charge in [-0.1, -0.05) is 60.7 Å². The fraction of sp³-hybridized carbons (Fsp3) is 0.0800. The molecular weight excluding hydrogens is 407 g/mol. The summed E-state index contributed by atoms with van der Waals surface area (Å²) in [5.41, 5.74) is 1.70. The topological polar surface area (TPSA) is 51.7 Å². The third kappa shape index (κ3) is 5.53. The van der Waals surface area contributed by atoms with Crippen LogP contribution in [0.4, 0.5) is 11.5 Å². The van der Waals surface area contributed by atoms with Crippen molar-refractivity contribution < 1.29 is 13.6 Å². The Bertz CT molecular complexity index is 1110. The molecule has 1 aromatic heterocycles. The molecule has 0 radical (unpaired) electrons. The Morgan fingerprint density at radius 3 is 1.74 bits per heavy atom. The molecule has 0 fully saturated rings. The predicted octanol–water partition coefficient (Wildman–Crippen LogP) is 6.84.